The Morgan fingerprint density at radius 3 is 1.43 bits per heavy atom. The molecular weight excluding hydrogens is 386 g/mol. The van der Waals surface area contributed by atoms with E-state index in [-0.39, 0.29) is 11.8 Å². The van der Waals surface area contributed by atoms with Crippen LogP contribution < -0.4 is 11.5 Å². The number of likely N-dealkylation sites (N-methyl/N-ethyl adjacent to an activating group) is 1. The van der Waals surface area contributed by atoms with E-state index < -0.39 is 24.1 Å². The molecule has 2 fully saturated rings. The van der Waals surface area contributed by atoms with Gasteiger partial charge in [0.1, 0.15) is 0 Å². The first-order valence-corrected chi connectivity index (χ1v) is 11.5. The fourth-order valence-corrected chi connectivity index (χ4v) is 4.48. The molecule has 4 N–H and O–H groups in total. The van der Waals surface area contributed by atoms with Crippen molar-refractivity contribution in [1.29, 1.82) is 0 Å². The Bertz CT molecular complexity index is 527. The lowest BCUT2D eigenvalue weighted by Gasteiger charge is -2.30. The summed E-state index contributed by atoms with van der Waals surface area (Å²) in [5, 5.41) is 0. The van der Waals surface area contributed by atoms with Crippen molar-refractivity contribution in [2.24, 2.45) is 35.1 Å². The van der Waals surface area contributed by atoms with Gasteiger partial charge in [-0.2, -0.15) is 0 Å². The quantitative estimate of drug-likeness (QED) is 0.426. The van der Waals surface area contributed by atoms with Crippen molar-refractivity contribution in [3.8, 4) is 0 Å². The lowest BCUT2D eigenvalue weighted by molar-refractivity contribution is -0.202. The second kappa shape index (κ2) is 12.2. The summed E-state index contributed by atoms with van der Waals surface area (Å²) in [6, 6.07) is 0. The van der Waals surface area contributed by atoms with Crippen LogP contribution in [0.5, 0.6) is 0 Å². The van der Waals surface area contributed by atoms with Gasteiger partial charge in [0.05, 0.1) is 11.8 Å². The summed E-state index contributed by atoms with van der Waals surface area (Å²) in [4.78, 5) is 39.8. The molecule has 2 saturated carbocycles. The highest BCUT2D eigenvalue weighted by Gasteiger charge is 2.36. The number of hydrogen-bond acceptors (Lipinski definition) is 7. The van der Waals surface area contributed by atoms with Gasteiger partial charge in [0.15, 0.2) is 0 Å². The van der Waals surface area contributed by atoms with Crippen molar-refractivity contribution >= 4 is 17.8 Å². The molecule has 0 atom stereocenters. The Kier molecular flexibility index (Phi) is 10.0. The van der Waals surface area contributed by atoms with Crippen LogP contribution in [0.25, 0.3) is 0 Å². The maximum atomic E-state index is 12.9. The number of carbonyl (C=O) groups is 3. The van der Waals surface area contributed by atoms with Gasteiger partial charge in [-0.1, -0.05) is 0 Å². The summed E-state index contributed by atoms with van der Waals surface area (Å²) in [6.45, 7) is 5.81. The smallest absolute Gasteiger partial charge is 0.326 e. The molecule has 2 rings (SSSR count). The Morgan fingerprint density at radius 2 is 1.13 bits per heavy atom. The zero-order valence-electron chi connectivity index (χ0n) is 18.5. The van der Waals surface area contributed by atoms with Gasteiger partial charge in [0.25, 0.3) is 0 Å². The molecule has 30 heavy (non-hydrogen) atoms. The summed E-state index contributed by atoms with van der Waals surface area (Å²) in [5.74, 6) is -1.09. The molecule has 2 aliphatic carbocycles. The Balaban J connectivity index is 2.00. The normalized spacial score (nSPS) is 26.8. The Morgan fingerprint density at radius 1 is 0.767 bits per heavy atom. The van der Waals surface area contributed by atoms with Crippen molar-refractivity contribution in [3.63, 3.8) is 0 Å². The summed E-state index contributed by atoms with van der Waals surface area (Å²) >= 11 is 0. The molecule has 0 aromatic rings. The number of esters is 2. The number of nitrogens with zero attached hydrogens (tertiary/aromatic N) is 1. The van der Waals surface area contributed by atoms with Crippen LogP contribution in [-0.4, -0.2) is 55.2 Å². The van der Waals surface area contributed by atoms with Crippen molar-refractivity contribution in [1.82, 2.24) is 4.90 Å². The second-order valence-corrected chi connectivity index (χ2v) is 8.62. The maximum absolute atomic E-state index is 12.9. The lowest BCUT2D eigenvalue weighted by Crippen LogP contribution is -2.45. The number of hydrogen-bond donors (Lipinski definition) is 2. The first-order chi connectivity index (χ1) is 14.4. The minimum absolute atomic E-state index is 0.279. The van der Waals surface area contributed by atoms with Crippen LogP contribution in [0.4, 0.5) is 0 Å². The molecule has 0 unspecified atom stereocenters. The van der Waals surface area contributed by atoms with Crippen LogP contribution in [0.15, 0.2) is 0 Å². The standard InChI is InChI=1S/C22H39N3O5/c1-3-25(4-2)19(26)22(29-20(27)17-9-5-15(13-23)6-10-17)30-21(28)18-11-7-16(14-24)8-12-18/h15-18,22H,3-14,23-24H2,1-2H3/t15-,16-,17-,18-. The number of amides is 1. The molecule has 0 heterocycles. The number of rotatable bonds is 9. The monoisotopic (exact) mass is 425 g/mol. The van der Waals surface area contributed by atoms with Crippen molar-refractivity contribution < 1.29 is 23.9 Å². The van der Waals surface area contributed by atoms with Gasteiger partial charge in [-0.05, 0) is 90.1 Å². The van der Waals surface area contributed by atoms with Gasteiger partial charge in [-0.15, -0.1) is 0 Å². The minimum atomic E-state index is -1.51. The van der Waals surface area contributed by atoms with Gasteiger partial charge in [-0.25, -0.2) is 0 Å². The molecule has 1 amide bonds. The van der Waals surface area contributed by atoms with Crippen LogP contribution in [0.1, 0.15) is 65.2 Å². The van der Waals surface area contributed by atoms with E-state index in [4.69, 9.17) is 20.9 Å². The fraction of sp³-hybridized carbons (Fsp3) is 0.864. The molecule has 8 nitrogen and oxygen atoms in total. The summed E-state index contributed by atoms with van der Waals surface area (Å²) < 4.78 is 11.0. The molecule has 0 radical (unpaired) electrons. The van der Waals surface area contributed by atoms with Crippen LogP contribution in [-0.2, 0) is 23.9 Å². The third-order valence-corrected chi connectivity index (χ3v) is 6.75. The SMILES string of the molecule is CCN(CC)C(=O)C(OC(=O)[C@H]1CC[C@H](CN)CC1)OC(=O)[C@H]1CC[C@H](CN)CC1. The zero-order valence-corrected chi connectivity index (χ0v) is 18.5. The predicted octanol–water partition coefficient (Wildman–Crippen LogP) is 1.80. The van der Waals surface area contributed by atoms with E-state index >= 15 is 0 Å². The van der Waals surface area contributed by atoms with Gasteiger partial charge >= 0.3 is 24.1 Å². The number of carbonyl (C=O) groups excluding carboxylic acids is 3. The second-order valence-electron chi connectivity index (χ2n) is 8.62. The predicted molar refractivity (Wildman–Crippen MR) is 113 cm³/mol. The van der Waals surface area contributed by atoms with Gasteiger partial charge < -0.3 is 25.8 Å². The molecule has 8 heteroatoms. The number of ether oxygens (including phenoxy) is 2. The largest absolute Gasteiger partial charge is 0.415 e. The van der Waals surface area contributed by atoms with Gasteiger partial charge in [0.2, 0.25) is 0 Å². The molecule has 0 aliphatic heterocycles. The summed E-state index contributed by atoms with van der Waals surface area (Å²) in [5.41, 5.74) is 11.4. The average molecular weight is 426 g/mol. The lowest BCUT2D eigenvalue weighted by atomic mass is 9.82. The van der Waals surface area contributed by atoms with Gasteiger partial charge in [0, 0.05) is 13.1 Å². The number of nitrogens with two attached hydrogens (primary N) is 2. The maximum Gasteiger partial charge on any atom is 0.326 e. The van der Waals surface area contributed by atoms with E-state index in [1.165, 1.54) is 4.90 Å². The molecular formula is C22H39N3O5. The van der Waals surface area contributed by atoms with Gasteiger partial charge in [-0.3, -0.25) is 14.4 Å². The van der Waals surface area contributed by atoms with E-state index in [0.29, 0.717) is 63.7 Å². The van der Waals surface area contributed by atoms with Crippen LogP contribution in [0.2, 0.25) is 0 Å². The highest BCUT2D eigenvalue weighted by molar-refractivity contribution is 5.86. The van der Waals surface area contributed by atoms with Crippen LogP contribution in [0, 0.1) is 23.7 Å². The topological polar surface area (TPSA) is 125 Å². The minimum Gasteiger partial charge on any atom is -0.415 e. The highest BCUT2D eigenvalue weighted by atomic mass is 16.7. The van der Waals surface area contributed by atoms with Crippen molar-refractivity contribution in [2.75, 3.05) is 26.2 Å². The first-order valence-electron chi connectivity index (χ1n) is 11.5. The molecule has 0 bridgehead atoms. The molecule has 0 aromatic heterocycles. The summed E-state index contributed by atoms with van der Waals surface area (Å²) in [6.07, 6.45) is 4.71. The fourth-order valence-electron chi connectivity index (χ4n) is 4.48. The molecule has 2 aliphatic rings. The van der Waals surface area contributed by atoms with Crippen LogP contribution in [0.3, 0.4) is 0 Å². The van der Waals surface area contributed by atoms with E-state index in [2.05, 4.69) is 0 Å². The average Bonchev–Trinajstić information content (AvgIpc) is 2.79. The van der Waals surface area contributed by atoms with Crippen molar-refractivity contribution in [3.05, 3.63) is 0 Å². The zero-order chi connectivity index (χ0) is 22.1. The Labute approximate surface area is 180 Å². The molecule has 0 spiro atoms. The van der Waals surface area contributed by atoms with E-state index in [1.54, 1.807) is 0 Å². The third kappa shape index (κ3) is 6.67. The molecule has 0 aromatic carbocycles. The Hall–Kier alpha value is -1.67. The van der Waals surface area contributed by atoms with E-state index in [1.807, 2.05) is 13.8 Å². The molecule has 172 valence electrons. The van der Waals surface area contributed by atoms with Crippen LogP contribution >= 0.6 is 0 Å². The summed E-state index contributed by atoms with van der Waals surface area (Å²) in [7, 11) is 0. The van der Waals surface area contributed by atoms with E-state index in [0.717, 1.165) is 25.7 Å². The third-order valence-electron chi connectivity index (χ3n) is 6.75. The highest BCUT2D eigenvalue weighted by Crippen LogP contribution is 2.31. The van der Waals surface area contributed by atoms with Crippen molar-refractivity contribution in [2.45, 2.75) is 71.5 Å². The molecule has 0 saturated heterocycles. The van der Waals surface area contributed by atoms with E-state index in [9.17, 15) is 14.4 Å². The first kappa shape index (κ1) is 24.6.